The molecule has 86 valence electrons. The molecule has 0 aromatic carbocycles. The van der Waals surface area contributed by atoms with Crippen molar-refractivity contribution in [2.75, 3.05) is 5.32 Å². The number of H-pyrrole nitrogens is 1. The number of hydrogen-bond acceptors (Lipinski definition) is 4. The van der Waals surface area contributed by atoms with E-state index >= 15 is 0 Å². The normalized spacial score (nSPS) is 10.9. The smallest absolute Gasteiger partial charge is 0.243 e. The zero-order valence-corrected chi connectivity index (χ0v) is 10.3. The molecule has 0 saturated carbocycles. The van der Waals surface area contributed by atoms with Crippen LogP contribution < -0.4 is 5.32 Å². The monoisotopic (exact) mass is 292 g/mol. The Bertz CT molecular complexity index is 629. The van der Waals surface area contributed by atoms with Crippen LogP contribution >= 0.6 is 15.9 Å². The second-order valence-corrected chi connectivity index (χ2v) is 4.30. The first-order valence-corrected chi connectivity index (χ1v) is 5.85. The highest BCUT2D eigenvalue weighted by molar-refractivity contribution is 9.10. The van der Waals surface area contributed by atoms with Gasteiger partial charge >= 0.3 is 0 Å². The molecule has 0 amide bonds. The number of aromatic nitrogens is 5. The summed E-state index contributed by atoms with van der Waals surface area (Å²) in [6.45, 7) is 0.571. The quantitative estimate of drug-likeness (QED) is 0.773. The van der Waals surface area contributed by atoms with Crippen molar-refractivity contribution in [2.24, 2.45) is 0 Å². The molecule has 3 aromatic heterocycles. The van der Waals surface area contributed by atoms with E-state index in [1.807, 2.05) is 18.3 Å². The minimum absolute atomic E-state index is 0.571. The van der Waals surface area contributed by atoms with Crippen LogP contribution in [0.2, 0.25) is 0 Å². The van der Waals surface area contributed by atoms with Gasteiger partial charge in [0, 0.05) is 18.6 Å². The number of imidazole rings is 1. The Balaban J connectivity index is 1.84. The minimum Gasteiger partial charge on any atom is -0.347 e. The van der Waals surface area contributed by atoms with E-state index in [0.29, 0.717) is 12.5 Å². The molecule has 0 spiro atoms. The van der Waals surface area contributed by atoms with Gasteiger partial charge in [-0.15, -0.1) is 5.10 Å². The van der Waals surface area contributed by atoms with Crippen LogP contribution in [0.5, 0.6) is 0 Å². The van der Waals surface area contributed by atoms with Gasteiger partial charge in [-0.05, 0) is 28.1 Å². The van der Waals surface area contributed by atoms with Crippen LogP contribution in [-0.4, -0.2) is 24.6 Å². The van der Waals surface area contributed by atoms with E-state index in [1.165, 1.54) is 0 Å². The molecule has 0 aliphatic carbocycles. The first kappa shape index (κ1) is 10.3. The summed E-state index contributed by atoms with van der Waals surface area (Å²) in [5.41, 5.74) is 0.787. The molecule has 7 heteroatoms. The number of nitrogens with zero attached hydrogens (tertiary/aromatic N) is 4. The third kappa shape index (κ3) is 2.01. The van der Waals surface area contributed by atoms with Crippen molar-refractivity contribution in [3.05, 3.63) is 41.0 Å². The third-order valence-corrected chi connectivity index (χ3v) is 2.90. The van der Waals surface area contributed by atoms with Gasteiger partial charge in [0.05, 0.1) is 11.0 Å². The highest BCUT2D eigenvalue weighted by Crippen LogP contribution is 2.16. The molecule has 0 bridgehead atoms. The summed E-state index contributed by atoms with van der Waals surface area (Å²) in [4.78, 5) is 11.5. The van der Waals surface area contributed by atoms with Gasteiger partial charge in [0.15, 0.2) is 5.65 Å². The number of hydrogen-bond donors (Lipinski definition) is 2. The molecule has 0 saturated heterocycles. The molecule has 0 atom stereocenters. The number of nitrogens with one attached hydrogen (secondary N) is 2. The maximum absolute atomic E-state index is 4.36. The van der Waals surface area contributed by atoms with Crippen LogP contribution in [0.4, 0.5) is 5.95 Å². The Kier molecular flexibility index (Phi) is 2.52. The summed E-state index contributed by atoms with van der Waals surface area (Å²) in [6.07, 6.45) is 5.35. The predicted molar refractivity (Wildman–Crippen MR) is 66.6 cm³/mol. The van der Waals surface area contributed by atoms with E-state index in [0.717, 1.165) is 15.9 Å². The van der Waals surface area contributed by atoms with Gasteiger partial charge in [0.1, 0.15) is 5.82 Å². The van der Waals surface area contributed by atoms with Crippen LogP contribution in [0.25, 0.3) is 5.65 Å². The fraction of sp³-hybridized carbons (Fsp3) is 0.100. The molecular weight excluding hydrogens is 284 g/mol. The Morgan fingerprint density at radius 1 is 1.47 bits per heavy atom. The van der Waals surface area contributed by atoms with Crippen LogP contribution in [0.3, 0.4) is 0 Å². The predicted octanol–water partition coefficient (Wildman–Crippen LogP) is 1.83. The fourth-order valence-electron chi connectivity index (χ4n) is 1.51. The van der Waals surface area contributed by atoms with E-state index in [2.05, 4.69) is 41.3 Å². The standard InChI is InChI=1S/C10H9BrN6/c11-7-2-1-5-17-9(7)15-10(16-17)14-6-8-12-3-4-13-8/h1-5H,6H2,(H,12,13)(H,14,16). The van der Waals surface area contributed by atoms with E-state index in [9.17, 15) is 0 Å². The van der Waals surface area contributed by atoms with Gasteiger partial charge in [0.25, 0.3) is 0 Å². The number of fused-ring (bicyclic) bond motifs is 1. The first-order chi connectivity index (χ1) is 8.33. The van der Waals surface area contributed by atoms with Gasteiger partial charge in [-0.3, -0.25) is 0 Å². The minimum atomic E-state index is 0.571. The number of pyridine rings is 1. The van der Waals surface area contributed by atoms with Gasteiger partial charge < -0.3 is 10.3 Å². The molecule has 0 unspecified atom stereocenters. The van der Waals surface area contributed by atoms with Gasteiger partial charge in [0.2, 0.25) is 5.95 Å². The lowest BCUT2D eigenvalue weighted by Gasteiger charge is -1.96. The lowest BCUT2D eigenvalue weighted by atomic mass is 10.5. The van der Waals surface area contributed by atoms with Crippen LogP contribution in [0.1, 0.15) is 5.82 Å². The summed E-state index contributed by atoms with van der Waals surface area (Å²) in [6, 6.07) is 3.84. The van der Waals surface area contributed by atoms with E-state index in [-0.39, 0.29) is 0 Å². The molecule has 3 rings (SSSR count). The number of anilines is 1. The molecule has 0 fully saturated rings. The van der Waals surface area contributed by atoms with Crippen molar-refractivity contribution in [3.8, 4) is 0 Å². The summed E-state index contributed by atoms with van der Waals surface area (Å²) in [7, 11) is 0. The lowest BCUT2D eigenvalue weighted by Crippen LogP contribution is -2.02. The maximum atomic E-state index is 4.36. The third-order valence-electron chi connectivity index (χ3n) is 2.28. The Labute approximate surface area is 105 Å². The Morgan fingerprint density at radius 3 is 3.18 bits per heavy atom. The number of rotatable bonds is 3. The first-order valence-electron chi connectivity index (χ1n) is 5.06. The van der Waals surface area contributed by atoms with Crippen molar-refractivity contribution < 1.29 is 0 Å². The summed E-state index contributed by atoms with van der Waals surface area (Å²) >= 11 is 3.43. The molecule has 0 aliphatic heterocycles. The largest absolute Gasteiger partial charge is 0.347 e. The number of halogens is 1. The summed E-state index contributed by atoms with van der Waals surface area (Å²) in [5.74, 6) is 1.43. The van der Waals surface area contributed by atoms with Gasteiger partial charge in [-0.2, -0.15) is 4.98 Å². The topological polar surface area (TPSA) is 70.9 Å². The van der Waals surface area contributed by atoms with Crippen LogP contribution in [0.15, 0.2) is 35.2 Å². The molecule has 0 aliphatic rings. The zero-order valence-electron chi connectivity index (χ0n) is 8.76. The average Bonchev–Trinajstić information content (AvgIpc) is 2.95. The average molecular weight is 293 g/mol. The van der Waals surface area contributed by atoms with Crippen molar-refractivity contribution in [1.29, 1.82) is 0 Å². The van der Waals surface area contributed by atoms with Crippen molar-refractivity contribution >= 4 is 27.5 Å². The van der Waals surface area contributed by atoms with E-state index in [4.69, 9.17) is 0 Å². The van der Waals surface area contributed by atoms with Crippen LogP contribution in [0, 0.1) is 0 Å². The highest BCUT2D eigenvalue weighted by atomic mass is 79.9. The second kappa shape index (κ2) is 4.17. The molecule has 2 N–H and O–H groups in total. The molecule has 3 aromatic rings. The van der Waals surface area contributed by atoms with Gasteiger partial charge in [-0.25, -0.2) is 9.50 Å². The lowest BCUT2D eigenvalue weighted by molar-refractivity contribution is 0.930. The zero-order chi connectivity index (χ0) is 11.7. The fourth-order valence-corrected chi connectivity index (χ4v) is 1.93. The second-order valence-electron chi connectivity index (χ2n) is 3.45. The Morgan fingerprint density at radius 2 is 2.41 bits per heavy atom. The molecule has 0 radical (unpaired) electrons. The molecular formula is C10H9BrN6. The summed E-state index contributed by atoms with van der Waals surface area (Å²) < 4.78 is 2.63. The molecule has 6 nitrogen and oxygen atoms in total. The van der Waals surface area contributed by atoms with Crippen molar-refractivity contribution in [1.82, 2.24) is 24.6 Å². The van der Waals surface area contributed by atoms with Gasteiger partial charge in [-0.1, -0.05) is 0 Å². The van der Waals surface area contributed by atoms with Crippen molar-refractivity contribution in [3.63, 3.8) is 0 Å². The Hall–Kier alpha value is -1.89. The molecule has 17 heavy (non-hydrogen) atoms. The SMILES string of the molecule is Brc1cccn2nc(NCc3ncc[nH]3)nc12. The molecule has 3 heterocycles. The highest BCUT2D eigenvalue weighted by Gasteiger charge is 2.05. The van der Waals surface area contributed by atoms with Crippen LogP contribution in [-0.2, 0) is 6.54 Å². The summed E-state index contributed by atoms with van der Waals surface area (Å²) in [5, 5.41) is 7.40. The number of aromatic amines is 1. The van der Waals surface area contributed by atoms with Crippen molar-refractivity contribution in [2.45, 2.75) is 6.54 Å². The van der Waals surface area contributed by atoms with E-state index < -0.39 is 0 Å². The maximum Gasteiger partial charge on any atom is 0.243 e. The van der Waals surface area contributed by atoms with E-state index in [1.54, 1.807) is 16.9 Å².